The van der Waals surface area contributed by atoms with Gasteiger partial charge in [-0.25, -0.2) is 4.98 Å². The molecule has 0 bridgehead atoms. The van der Waals surface area contributed by atoms with Gasteiger partial charge >= 0.3 is 0 Å². The average molecular weight is 441 g/mol. The molecule has 3 heterocycles. The fourth-order valence-corrected chi connectivity index (χ4v) is 4.41. The van der Waals surface area contributed by atoms with E-state index in [1.54, 1.807) is 25.2 Å². The van der Waals surface area contributed by atoms with Crippen LogP contribution in [0.15, 0.2) is 23.0 Å². The normalized spacial score (nSPS) is 17.8. The summed E-state index contributed by atoms with van der Waals surface area (Å²) in [6.45, 7) is 3.53. The number of hydrogen-bond acceptors (Lipinski definition) is 6. The van der Waals surface area contributed by atoms with E-state index in [4.69, 9.17) is 14.5 Å². The Morgan fingerprint density at radius 3 is 2.66 bits per heavy atom. The second kappa shape index (κ2) is 9.02. The Labute approximate surface area is 186 Å². The van der Waals surface area contributed by atoms with Gasteiger partial charge in [-0.15, -0.1) is 0 Å². The topological polar surface area (TPSA) is 105 Å². The third-order valence-corrected chi connectivity index (χ3v) is 6.27. The van der Waals surface area contributed by atoms with Crippen molar-refractivity contribution in [1.82, 2.24) is 19.8 Å². The predicted molar refractivity (Wildman–Crippen MR) is 117 cm³/mol. The van der Waals surface area contributed by atoms with Crippen LogP contribution in [0.5, 0.6) is 11.5 Å². The van der Waals surface area contributed by atoms with Crippen LogP contribution in [-0.4, -0.2) is 65.4 Å². The SMILES string of the molecule is COc1ccc(CC(=O)N2CCC(c3nc4c(c(=O)[nH]3)CCN(C(C)=O)C4)C2)cc1OC. The van der Waals surface area contributed by atoms with Crippen molar-refractivity contribution in [2.45, 2.75) is 38.6 Å². The molecule has 1 aromatic heterocycles. The minimum absolute atomic E-state index is 0.0165. The predicted octanol–water partition coefficient (Wildman–Crippen LogP) is 1.25. The molecule has 9 heteroatoms. The highest BCUT2D eigenvalue weighted by molar-refractivity contribution is 5.79. The second-order valence-electron chi connectivity index (χ2n) is 8.26. The summed E-state index contributed by atoms with van der Waals surface area (Å²) in [6, 6.07) is 5.46. The third kappa shape index (κ3) is 4.32. The first kappa shape index (κ1) is 21.9. The molecular formula is C23H28N4O5. The van der Waals surface area contributed by atoms with Crippen molar-refractivity contribution in [3.05, 3.63) is 51.2 Å². The fraction of sp³-hybridized carbons (Fsp3) is 0.478. The van der Waals surface area contributed by atoms with Crippen LogP contribution in [0, 0.1) is 0 Å². The lowest BCUT2D eigenvalue weighted by Crippen LogP contribution is -2.38. The number of ether oxygens (including phenoxy) is 2. The van der Waals surface area contributed by atoms with Crippen LogP contribution in [0.4, 0.5) is 0 Å². The summed E-state index contributed by atoms with van der Waals surface area (Å²) in [5.41, 5.74) is 2.04. The van der Waals surface area contributed by atoms with Crippen LogP contribution in [0.3, 0.4) is 0 Å². The number of amides is 2. The number of carbonyl (C=O) groups excluding carboxylic acids is 2. The molecule has 32 heavy (non-hydrogen) atoms. The molecule has 2 amide bonds. The van der Waals surface area contributed by atoms with Crippen LogP contribution in [0.25, 0.3) is 0 Å². The molecule has 9 nitrogen and oxygen atoms in total. The molecule has 0 aliphatic carbocycles. The van der Waals surface area contributed by atoms with Gasteiger partial charge in [-0.05, 0) is 30.5 Å². The van der Waals surface area contributed by atoms with Gasteiger partial charge in [0.1, 0.15) is 5.82 Å². The first-order chi connectivity index (χ1) is 15.4. The summed E-state index contributed by atoms with van der Waals surface area (Å²) in [4.78, 5) is 48.3. The van der Waals surface area contributed by atoms with E-state index < -0.39 is 0 Å². The van der Waals surface area contributed by atoms with Gasteiger partial charge in [0, 0.05) is 38.0 Å². The number of likely N-dealkylation sites (tertiary alicyclic amines) is 1. The number of H-pyrrole nitrogens is 1. The number of benzene rings is 1. The molecule has 2 aromatic rings. The van der Waals surface area contributed by atoms with Crippen molar-refractivity contribution in [3.63, 3.8) is 0 Å². The lowest BCUT2D eigenvalue weighted by Gasteiger charge is -2.27. The number of aromatic amines is 1. The zero-order chi connectivity index (χ0) is 22.8. The Kier molecular flexibility index (Phi) is 6.16. The van der Waals surface area contributed by atoms with E-state index in [0.717, 1.165) is 12.0 Å². The third-order valence-electron chi connectivity index (χ3n) is 6.27. The van der Waals surface area contributed by atoms with E-state index in [-0.39, 0.29) is 29.7 Å². The van der Waals surface area contributed by atoms with E-state index in [0.29, 0.717) is 61.2 Å². The first-order valence-electron chi connectivity index (χ1n) is 10.8. The molecule has 1 saturated heterocycles. The van der Waals surface area contributed by atoms with Gasteiger partial charge in [-0.1, -0.05) is 6.07 Å². The molecule has 1 atom stereocenters. The van der Waals surface area contributed by atoms with Crippen molar-refractivity contribution >= 4 is 11.8 Å². The van der Waals surface area contributed by atoms with Gasteiger partial charge in [0.05, 0.1) is 32.9 Å². The van der Waals surface area contributed by atoms with Gasteiger partial charge < -0.3 is 24.3 Å². The molecule has 2 aliphatic rings. The van der Waals surface area contributed by atoms with Gasteiger partial charge in [0.25, 0.3) is 5.56 Å². The highest BCUT2D eigenvalue weighted by Crippen LogP contribution is 2.29. The number of fused-ring (bicyclic) bond motifs is 1. The smallest absolute Gasteiger partial charge is 0.254 e. The van der Waals surface area contributed by atoms with Crippen molar-refractivity contribution in [2.75, 3.05) is 33.9 Å². The largest absolute Gasteiger partial charge is 0.493 e. The first-order valence-corrected chi connectivity index (χ1v) is 10.8. The van der Waals surface area contributed by atoms with Crippen LogP contribution in [0.1, 0.15) is 41.9 Å². The van der Waals surface area contributed by atoms with Crippen LogP contribution < -0.4 is 15.0 Å². The number of aromatic nitrogens is 2. The van der Waals surface area contributed by atoms with E-state index in [1.165, 1.54) is 6.92 Å². The molecule has 1 fully saturated rings. The Bertz CT molecular complexity index is 1100. The molecule has 170 valence electrons. The Hall–Kier alpha value is -3.36. The summed E-state index contributed by atoms with van der Waals surface area (Å²) >= 11 is 0. The molecule has 2 aliphatic heterocycles. The van der Waals surface area contributed by atoms with Gasteiger partial charge in [-0.3, -0.25) is 14.4 Å². The minimum atomic E-state index is -0.136. The van der Waals surface area contributed by atoms with Crippen LogP contribution in [-0.2, 0) is 29.0 Å². The highest BCUT2D eigenvalue weighted by Gasteiger charge is 2.31. The standard InChI is InChI=1S/C23H28N4O5/c1-14(28)26-9-7-17-18(13-26)24-22(25-23(17)30)16-6-8-27(12-16)21(29)11-15-4-5-19(31-2)20(10-15)32-3/h4-5,10,16H,6-9,11-13H2,1-3H3,(H,24,25,30). The van der Waals surface area contributed by atoms with E-state index >= 15 is 0 Å². The number of nitrogens with one attached hydrogen (secondary N) is 1. The second-order valence-corrected chi connectivity index (χ2v) is 8.26. The lowest BCUT2D eigenvalue weighted by molar-refractivity contribution is -0.130. The van der Waals surface area contributed by atoms with Gasteiger partial charge in [0.15, 0.2) is 11.5 Å². The number of nitrogens with zero attached hydrogens (tertiary/aromatic N) is 3. The molecule has 1 unspecified atom stereocenters. The summed E-state index contributed by atoms with van der Waals surface area (Å²) < 4.78 is 10.6. The van der Waals surface area contributed by atoms with Crippen molar-refractivity contribution in [2.24, 2.45) is 0 Å². The molecule has 4 rings (SSSR count). The zero-order valence-corrected chi connectivity index (χ0v) is 18.6. The van der Waals surface area contributed by atoms with E-state index in [1.807, 2.05) is 17.0 Å². The minimum Gasteiger partial charge on any atom is -0.493 e. The number of rotatable bonds is 5. The quantitative estimate of drug-likeness (QED) is 0.750. The van der Waals surface area contributed by atoms with E-state index in [2.05, 4.69) is 4.98 Å². The van der Waals surface area contributed by atoms with Crippen LogP contribution in [0.2, 0.25) is 0 Å². The maximum atomic E-state index is 12.9. The van der Waals surface area contributed by atoms with Crippen molar-refractivity contribution < 1.29 is 19.1 Å². The molecule has 0 saturated carbocycles. The van der Waals surface area contributed by atoms with Crippen LogP contribution >= 0.6 is 0 Å². The van der Waals surface area contributed by atoms with Gasteiger partial charge in [-0.2, -0.15) is 0 Å². The Morgan fingerprint density at radius 1 is 1.16 bits per heavy atom. The molecule has 0 radical (unpaired) electrons. The summed E-state index contributed by atoms with van der Waals surface area (Å²) in [5, 5.41) is 0. The number of methoxy groups -OCH3 is 2. The maximum absolute atomic E-state index is 12.9. The van der Waals surface area contributed by atoms with Gasteiger partial charge in [0.2, 0.25) is 11.8 Å². The zero-order valence-electron chi connectivity index (χ0n) is 18.6. The average Bonchev–Trinajstić information content (AvgIpc) is 3.29. The number of carbonyl (C=O) groups is 2. The number of hydrogen-bond donors (Lipinski definition) is 1. The molecule has 1 N–H and O–H groups in total. The van der Waals surface area contributed by atoms with Crippen molar-refractivity contribution in [1.29, 1.82) is 0 Å². The molecule has 0 spiro atoms. The van der Waals surface area contributed by atoms with E-state index in [9.17, 15) is 14.4 Å². The fourth-order valence-electron chi connectivity index (χ4n) is 4.41. The Morgan fingerprint density at radius 2 is 1.94 bits per heavy atom. The highest BCUT2D eigenvalue weighted by atomic mass is 16.5. The lowest BCUT2D eigenvalue weighted by atomic mass is 10.0. The maximum Gasteiger partial charge on any atom is 0.254 e. The Balaban J connectivity index is 1.45. The molecule has 1 aromatic carbocycles. The molecular weight excluding hydrogens is 412 g/mol. The summed E-state index contributed by atoms with van der Waals surface area (Å²) in [5.74, 6) is 1.77. The summed E-state index contributed by atoms with van der Waals surface area (Å²) in [7, 11) is 3.14. The van der Waals surface area contributed by atoms with Crippen molar-refractivity contribution in [3.8, 4) is 11.5 Å². The summed E-state index contributed by atoms with van der Waals surface area (Å²) in [6.07, 6.45) is 1.50. The monoisotopic (exact) mass is 440 g/mol.